The second-order valence-electron chi connectivity index (χ2n) is 8.56. The summed E-state index contributed by atoms with van der Waals surface area (Å²) < 4.78 is 27.6. The summed E-state index contributed by atoms with van der Waals surface area (Å²) in [6.07, 6.45) is 4.28. The van der Waals surface area contributed by atoms with E-state index in [2.05, 4.69) is 41.0 Å². The van der Waals surface area contributed by atoms with Gasteiger partial charge in [0.25, 0.3) is 0 Å². The van der Waals surface area contributed by atoms with Crippen LogP contribution in [0.2, 0.25) is 0 Å². The van der Waals surface area contributed by atoms with Gasteiger partial charge in [0.15, 0.2) is 0 Å². The van der Waals surface area contributed by atoms with E-state index in [0.717, 1.165) is 50.4 Å². The first-order valence-electron chi connectivity index (χ1n) is 10.5. The molecule has 0 aromatic heterocycles. The maximum absolute atomic E-state index is 14.1. The number of nitrogens with zero attached hydrogens (tertiary/aromatic N) is 2. The highest BCUT2D eigenvalue weighted by atomic mass is 19.1. The Hall–Kier alpha value is -2.27. The molecular formula is C24H28F2N2O. The average molecular weight is 398 g/mol. The van der Waals surface area contributed by atoms with Gasteiger partial charge in [0, 0.05) is 37.2 Å². The maximum atomic E-state index is 14.1. The first-order valence-corrected chi connectivity index (χ1v) is 10.5. The molecule has 2 saturated heterocycles. The lowest BCUT2D eigenvalue weighted by Gasteiger charge is -2.38. The van der Waals surface area contributed by atoms with Crippen LogP contribution in [0.5, 0.6) is 0 Å². The number of carbonyl (C=O) groups is 1. The molecule has 3 nitrogen and oxygen atoms in total. The Bertz CT molecular complexity index is 883. The number of aryl methyl sites for hydroxylation is 1. The molecule has 0 radical (unpaired) electrons. The van der Waals surface area contributed by atoms with Gasteiger partial charge in [0.2, 0.25) is 5.91 Å². The topological polar surface area (TPSA) is 23.6 Å². The van der Waals surface area contributed by atoms with Gasteiger partial charge in [-0.25, -0.2) is 8.78 Å². The number of carbonyl (C=O) groups excluding carboxylic acids is 1. The number of hydrogen-bond donors (Lipinski definition) is 0. The Morgan fingerprint density at radius 2 is 1.76 bits per heavy atom. The van der Waals surface area contributed by atoms with Crippen molar-refractivity contribution in [2.45, 2.75) is 57.7 Å². The predicted octanol–water partition coefficient (Wildman–Crippen LogP) is 4.82. The molecule has 29 heavy (non-hydrogen) atoms. The van der Waals surface area contributed by atoms with Gasteiger partial charge in [-0.1, -0.05) is 29.8 Å². The third kappa shape index (κ3) is 4.35. The van der Waals surface area contributed by atoms with Crippen LogP contribution >= 0.6 is 0 Å². The molecule has 0 saturated carbocycles. The van der Waals surface area contributed by atoms with Gasteiger partial charge < -0.3 is 4.90 Å². The molecule has 2 aliphatic heterocycles. The number of hydrogen-bond acceptors (Lipinski definition) is 2. The van der Waals surface area contributed by atoms with Crippen LogP contribution in [0.25, 0.3) is 0 Å². The summed E-state index contributed by atoms with van der Waals surface area (Å²) in [5, 5.41) is 0. The van der Waals surface area contributed by atoms with Crippen molar-refractivity contribution in [1.82, 2.24) is 9.80 Å². The highest BCUT2D eigenvalue weighted by Crippen LogP contribution is 2.40. The summed E-state index contributed by atoms with van der Waals surface area (Å²) >= 11 is 0. The smallest absolute Gasteiger partial charge is 0.223 e. The van der Waals surface area contributed by atoms with Crippen molar-refractivity contribution in [2.24, 2.45) is 0 Å². The predicted molar refractivity (Wildman–Crippen MR) is 109 cm³/mol. The van der Waals surface area contributed by atoms with Crippen molar-refractivity contribution in [3.8, 4) is 0 Å². The van der Waals surface area contributed by atoms with E-state index in [0.29, 0.717) is 25.1 Å². The summed E-state index contributed by atoms with van der Waals surface area (Å²) in [4.78, 5) is 17.0. The monoisotopic (exact) mass is 398 g/mol. The number of likely N-dealkylation sites (tertiary alicyclic amines) is 2. The van der Waals surface area contributed by atoms with E-state index in [1.54, 1.807) is 0 Å². The molecule has 0 aliphatic carbocycles. The molecule has 5 heteroatoms. The van der Waals surface area contributed by atoms with Crippen LogP contribution in [0.4, 0.5) is 8.78 Å². The van der Waals surface area contributed by atoms with Crippen LogP contribution < -0.4 is 0 Å². The quantitative estimate of drug-likeness (QED) is 0.737. The van der Waals surface area contributed by atoms with E-state index >= 15 is 0 Å². The highest BCUT2D eigenvalue weighted by molar-refractivity contribution is 5.79. The van der Waals surface area contributed by atoms with E-state index in [4.69, 9.17) is 0 Å². The molecular weight excluding hydrogens is 370 g/mol. The second kappa shape index (κ2) is 8.23. The molecule has 2 fully saturated rings. The molecule has 0 unspecified atom stereocenters. The fraction of sp³-hybridized carbons (Fsp3) is 0.458. The van der Waals surface area contributed by atoms with Crippen LogP contribution in [0, 0.1) is 18.6 Å². The Morgan fingerprint density at radius 3 is 2.55 bits per heavy atom. The van der Waals surface area contributed by atoms with Crippen LogP contribution in [0.1, 0.15) is 48.8 Å². The van der Waals surface area contributed by atoms with Crippen LogP contribution in [0.15, 0.2) is 42.5 Å². The van der Waals surface area contributed by atoms with Gasteiger partial charge in [0.05, 0.1) is 0 Å². The second-order valence-corrected chi connectivity index (χ2v) is 8.56. The lowest BCUT2D eigenvalue weighted by atomic mass is 9.87. The lowest BCUT2D eigenvalue weighted by molar-refractivity contribution is -0.132. The minimum Gasteiger partial charge on any atom is -0.333 e. The Morgan fingerprint density at radius 1 is 0.966 bits per heavy atom. The molecule has 0 N–H and O–H groups in total. The Kier molecular flexibility index (Phi) is 5.68. The minimum atomic E-state index is -0.404. The molecule has 2 heterocycles. The summed E-state index contributed by atoms with van der Waals surface area (Å²) in [6.45, 7) is 4.74. The van der Waals surface area contributed by atoms with E-state index in [-0.39, 0.29) is 17.3 Å². The van der Waals surface area contributed by atoms with Crippen molar-refractivity contribution < 1.29 is 13.6 Å². The van der Waals surface area contributed by atoms with Crippen molar-refractivity contribution in [2.75, 3.05) is 13.1 Å². The molecule has 4 rings (SSSR count). The number of amides is 1. The fourth-order valence-corrected chi connectivity index (χ4v) is 4.82. The van der Waals surface area contributed by atoms with Crippen molar-refractivity contribution in [1.29, 1.82) is 0 Å². The van der Waals surface area contributed by atoms with E-state index in [9.17, 15) is 13.6 Å². The summed E-state index contributed by atoms with van der Waals surface area (Å²) in [5.74, 6) is -0.532. The van der Waals surface area contributed by atoms with Gasteiger partial charge in [-0.2, -0.15) is 0 Å². The summed E-state index contributed by atoms with van der Waals surface area (Å²) in [6, 6.07) is 12.0. The summed E-state index contributed by atoms with van der Waals surface area (Å²) in [7, 11) is 0. The lowest BCUT2D eigenvalue weighted by Crippen LogP contribution is -2.45. The van der Waals surface area contributed by atoms with Crippen LogP contribution in [0.3, 0.4) is 0 Å². The molecule has 2 aliphatic rings. The molecule has 1 amide bonds. The number of halogens is 2. The zero-order valence-corrected chi connectivity index (χ0v) is 17.0. The van der Waals surface area contributed by atoms with Gasteiger partial charge in [-0.05, 0) is 62.9 Å². The molecule has 2 aromatic rings. The third-order valence-corrected chi connectivity index (χ3v) is 6.55. The van der Waals surface area contributed by atoms with Gasteiger partial charge >= 0.3 is 0 Å². The first kappa shape index (κ1) is 20.0. The van der Waals surface area contributed by atoms with Crippen molar-refractivity contribution in [3.63, 3.8) is 0 Å². The van der Waals surface area contributed by atoms with Gasteiger partial charge in [0.1, 0.15) is 11.6 Å². The number of rotatable bonds is 4. The third-order valence-electron chi connectivity index (χ3n) is 6.55. The molecule has 154 valence electrons. The van der Waals surface area contributed by atoms with Crippen molar-refractivity contribution >= 4 is 5.91 Å². The van der Waals surface area contributed by atoms with Crippen molar-refractivity contribution in [3.05, 3.63) is 70.8 Å². The Balaban J connectivity index is 1.47. The fourth-order valence-electron chi connectivity index (χ4n) is 4.82. The normalized spacial score (nSPS) is 23.0. The average Bonchev–Trinajstić information content (AvgIpc) is 2.87. The Labute approximate surface area is 171 Å². The number of benzene rings is 2. The first-order chi connectivity index (χ1) is 13.9. The van der Waals surface area contributed by atoms with Crippen LogP contribution in [-0.2, 0) is 17.9 Å². The van der Waals surface area contributed by atoms with Crippen LogP contribution in [-0.4, -0.2) is 34.3 Å². The van der Waals surface area contributed by atoms with E-state index < -0.39 is 5.82 Å². The zero-order chi connectivity index (χ0) is 20.4. The van der Waals surface area contributed by atoms with E-state index in [1.807, 2.05) is 0 Å². The minimum absolute atomic E-state index is 0.114. The van der Waals surface area contributed by atoms with E-state index in [1.165, 1.54) is 17.7 Å². The molecule has 0 bridgehead atoms. The van der Waals surface area contributed by atoms with Gasteiger partial charge in [-0.15, -0.1) is 0 Å². The largest absolute Gasteiger partial charge is 0.333 e. The SMILES string of the molecule is Cc1ccc(CN2C(=O)CC[C@@]23CCCN(Cc2cc(F)ccc2F)CC3)cc1. The highest BCUT2D eigenvalue weighted by Gasteiger charge is 2.45. The molecule has 1 atom stereocenters. The maximum Gasteiger partial charge on any atom is 0.223 e. The van der Waals surface area contributed by atoms with Gasteiger partial charge in [-0.3, -0.25) is 9.69 Å². The molecule has 2 aromatic carbocycles. The standard InChI is InChI=1S/C24H28F2N2O/c1-18-3-5-19(6-4-18)16-28-23(29)9-11-24(28)10-2-13-27(14-12-24)17-20-15-21(25)7-8-22(20)26/h3-8,15H,2,9-14,16-17H2,1H3/t24-/m1/s1. The molecule has 1 spiro atoms. The summed E-state index contributed by atoms with van der Waals surface area (Å²) in [5.41, 5.74) is 2.66. The zero-order valence-electron chi connectivity index (χ0n) is 17.0.